The van der Waals surface area contributed by atoms with Crippen molar-refractivity contribution in [3.8, 4) is 0 Å². The van der Waals surface area contributed by atoms with Gasteiger partial charge in [0.05, 0.1) is 34.8 Å². The number of anilines is 2. The second-order valence-electron chi connectivity index (χ2n) is 8.32. The molecule has 2 amide bonds. The first-order valence-electron chi connectivity index (χ1n) is 11.4. The Balaban J connectivity index is 1.54. The zero-order valence-electron chi connectivity index (χ0n) is 19.8. The highest BCUT2D eigenvalue weighted by Gasteiger charge is 2.44. The highest BCUT2D eigenvalue weighted by molar-refractivity contribution is 7.80. The Hall–Kier alpha value is -3.46. The van der Waals surface area contributed by atoms with Gasteiger partial charge in [0.25, 0.3) is 5.91 Å². The molecule has 0 aromatic heterocycles. The van der Waals surface area contributed by atoms with Gasteiger partial charge in [-0.25, -0.2) is 4.79 Å². The third-order valence-electron chi connectivity index (χ3n) is 5.93. The number of thiocarbonyl (C=S) groups is 1. The van der Waals surface area contributed by atoms with Crippen LogP contribution >= 0.6 is 35.4 Å². The zero-order chi connectivity index (χ0) is 26.5. The van der Waals surface area contributed by atoms with Crippen molar-refractivity contribution >= 4 is 69.7 Å². The molecule has 4 rings (SSSR count). The Kier molecular flexibility index (Phi) is 8.43. The maximum Gasteiger partial charge on any atom is 0.337 e. The smallest absolute Gasteiger partial charge is 0.337 e. The number of methoxy groups -OCH3 is 1. The molecule has 10 heteroatoms. The van der Waals surface area contributed by atoms with Gasteiger partial charge in [0.1, 0.15) is 6.04 Å². The van der Waals surface area contributed by atoms with Gasteiger partial charge in [-0.15, -0.1) is 0 Å². The standard InChI is InChI=1S/C27H23Cl2N3O4S/c1-36-26(35)18-7-9-19(10-8-18)30-24(33)16-23-25(34)32(20-11-12-21(28)22(29)15-20)27(37)31(23)14-13-17-5-3-2-4-6-17/h2-12,15,23H,13-14,16H2,1H3,(H,30,33)/t23-/m1/s1. The predicted molar refractivity (Wildman–Crippen MR) is 148 cm³/mol. The van der Waals surface area contributed by atoms with E-state index >= 15 is 0 Å². The Labute approximate surface area is 229 Å². The Bertz CT molecular complexity index is 1340. The topological polar surface area (TPSA) is 78.9 Å². The molecule has 1 saturated heterocycles. The fourth-order valence-electron chi connectivity index (χ4n) is 4.04. The SMILES string of the molecule is COC(=O)c1ccc(NC(=O)C[C@@H]2C(=O)N(c3ccc(Cl)c(Cl)c3)C(=S)N2CCc2ccccc2)cc1. The molecule has 3 aromatic rings. The first-order chi connectivity index (χ1) is 17.8. The van der Waals surface area contributed by atoms with E-state index in [1.54, 1.807) is 47.4 Å². The lowest BCUT2D eigenvalue weighted by molar-refractivity contribution is -0.124. The highest BCUT2D eigenvalue weighted by atomic mass is 35.5. The molecule has 37 heavy (non-hydrogen) atoms. The van der Waals surface area contributed by atoms with Gasteiger partial charge < -0.3 is 15.0 Å². The van der Waals surface area contributed by atoms with Gasteiger partial charge in [0.15, 0.2) is 5.11 Å². The van der Waals surface area contributed by atoms with Gasteiger partial charge in [-0.1, -0.05) is 53.5 Å². The molecule has 7 nitrogen and oxygen atoms in total. The fourth-order valence-corrected chi connectivity index (χ4v) is 4.74. The molecule has 190 valence electrons. The van der Waals surface area contributed by atoms with Crippen LogP contribution in [0.15, 0.2) is 72.8 Å². The van der Waals surface area contributed by atoms with Crippen LogP contribution in [0.4, 0.5) is 11.4 Å². The van der Waals surface area contributed by atoms with Crippen LogP contribution in [0.5, 0.6) is 0 Å². The van der Waals surface area contributed by atoms with Gasteiger partial charge in [-0.2, -0.15) is 0 Å². The van der Waals surface area contributed by atoms with Gasteiger partial charge in [0.2, 0.25) is 5.91 Å². The lowest BCUT2D eigenvalue weighted by atomic mass is 10.1. The number of hydrogen-bond donors (Lipinski definition) is 1. The van der Waals surface area contributed by atoms with Crippen molar-refractivity contribution in [2.24, 2.45) is 0 Å². The van der Waals surface area contributed by atoms with Gasteiger partial charge in [-0.05, 0) is 66.7 Å². The number of nitrogens with one attached hydrogen (secondary N) is 1. The summed E-state index contributed by atoms with van der Waals surface area (Å²) in [5.41, 5.74) is 2.42. The van der Waals surface area contributed by atoms with Crippen molar-refractivity contribution in [3.05, 3.63) is 94.0 Å². The lowest BCUT2D eigenvalue weighted by Crippen LogP contribution is -2.39. The van der Waals surface area contributed by atoms with Crippen molar-refractivity contribution in [2.75, 3.05) is 23.9 Å². The Morgan fingerprint density at radius 3 is 2.35 bits per heavy atom. The van der Waals surface area contributed by atoms with E-state index in [9.17, 15) is 14.4 Å². The molecule has 0 radical (unpaired) electrons. The molecule has 1 N–H and O–H groups in total. The zero-order valence-corrected chi connectivity index (χ0v) is 22.1. The number of carbonyl (C=O) groups excluding carboxylic acids is 3. The Morgan fingerprint density at radius 2 is 1.70 bits per heavy atom. The molecule has 3 aromatic carbocycles. The molecule has 0 bridgehead atoms. The van der Waals surface area contributed by atoms with E-state index in [1.807, 2.05) is 30.3 Å². The summed E-state index contributed by atoms with van der Waals surface area (Å²) in [6, 6.07) is 20.2. The van der Waals surface area contributed by atoms with Crippen LogP contribution in [0.2, 0.25) is 10.0 Å². The highest BCUT2D eigenvalue weighted by Crippen LogP contribution is 2.32. The summed E-state index contributed by atoms with van der Waals surface area (Å²) in [5, 5.41) is 3.73. The van der Waals surface area contributed by atoms with Crippen molar-refractivity contribution in [1.82, 2.24) is 4.90 Å². The molecule has 1 aliphatic heterocycles. The molecule has 0 unspecified atom stereocenters. The monoisotopic (exact) mass is 555 g/mol. The van der Waals surface area contributed by atoms with Crippen molar-refractivity contribution in [2.45, 2.75) is 18.9 Å². The number of esters is 1. The van der Waals surface area contributed by atoms with Crippen LogP contribution in [0, 0.1) is 0 Å². The molecule has 1 aliphatic rings. The second-order valence-corrected chi connectivity index (χ2v) is 9.50. The molecule has 1 heterocycles. The van der Waals surface area contributed by atoms with Crippen LogP contribution in [0.25, 0.3) is 0 Å². The van der Waals surface area contributed by atoms with E-state index in [4.69, 9.17) is 40.2 Å². The molecular weight excluding hydrogens is 533 g/mol. The first-order valence-corrected chi connectivity index (χ1v) is 12.6. The van der Waals surface area contributed by atoms with E-state index in [-0.39, 0.29) is 18.2 Å². The Morgan fingerprint density at radius 1 is 1.00 bits per heavy atom. The normalized spacial score (nSPS) is 15.2. The number of nitrogens with zero attached hydrogens (tertiary/aromatic N) is 2. The largest absolute Gasteiger partial charge is 0.465 e. The minimum Gasteiger partial charge on any atom is -0.465 e. The molecule has 1 fully saturated rings. The molecule has 0 saturated carbocycles. The van der Waals surface area contributed by atoms with Crippen LogP contribution in [-0.4, -0.2) is 47.5 Å². The van der Waals surface area contributed by atoms with E-state index in [0.717, 1.165) is 5.56 Å². The number of halogens is 2. The van der Waals surface area contributed by atoms with E-state index < -0.39 is 12.0 Å². The second kappa shape index (κ2) is 11.7. The van der Waals surface area contributed by atoms with E-state index in [0.29, 0.717) is 45.1 Å². The molecular formula is C27H23Cl2N3O4S. The minimum atomic E-state index is -0.806. The van der Waals surface area contributed by atoms with Crippen LogP contribution in [-0.2, 0) is 20.7 Å². The minimum absolute atomic E-state index is 0.121. The number of rotatable bonds is 8. The lowest BCUT2D eigenvalue weighted by Gasteiger charge is -2.24. The van der Waals surface area contributed by atoms with Crippen LogP contribution in [0.3, 0.4) is 0 Å². The number of carbonyl (C=O) groups is 3. The number of amides is 2. The fraction of sp³-hybridized carbons (Fsp3) is 0.185. The van der Waals surface area contributed by atoms with Crippen molar-refractivity contribution in [1.29, 1.82) is 0 Å². The molecule has 0 spiro atoms. The average Bonchev–Trinajstić information content (AvgIpc) is 3.13. The first kappa shape index (κ1) is 26.6. The summed E-state index contributed by atoms with van der Waals surface area (Å²) >= 11 is 18.0. The van der Waals surface area contributed by atoms with Crippen LogP contribution < -0.4 is 10.2 Å². The van der Waals surface area contributed by atoms with Crippen LogP contribution in [0.1, 0.15) is 22.3 Å². The summed E-state index contributed by atoms with van der Waals surface area (Å²) in [4.78, 5) is 41.4. The van der Waals surface area contributed by atoms with E-state index in [2.05, 4.69) is 5.32 Å². The summed E-state index contributed by atoms with van der Waals surface area (Å²) < 4.78 is 4.69. The third-order valence-corrected chi connectivity index (χ3v) is 7.09. The maximum absolute atomic E-state index is 13.6. The van der Waals surface area contributed by atoms with Gasteiger partial charge in [-0.3, -0.25) is 14.5 Å². The van der Waals surface area contributed by atoms with E-state index in [1.165, 1.54) is 12.0 Å². The quantitative estimate of drug-likeness (QED) is 0.298. The van der Waals surface area contributed by atoms with Gasteiger partial charge in [0, 0.05) is 12.2 Å². The number of hydrogen-bond acceptors (Lipinski definition) is 5. The molecule has 1 atom stereocenters. The predicted octanol–water partition coefficient (Wildman–Crippen LogP) is 5.35. The summed E-state index contributed by atoms with van der Waals surface area (Å²) in [7, 11) is 1.30. The summed E-state index contributed by atoms with van der Waals surface area (Å²) in [6.45, 7) is 0.443. The number of ether oxygens (including phenoxy) is 1. The van der Waals surface area contributed by atoms with Crippen molar-refractivity contribution < 1.29 is 19.1 Å². The molecule has 0 aliphatic carbocycles. The average molecular weight is 556 g/mol. The van der Waals surface area contributed by atoms with Crippen molar-refractivity contribution in [3.63, 3.8) is 0 Å². The van der Waals surface area contributed by atoms with Gasteiger partial charge >= 0.3 is 5.97 Å². The summed E-state index contributed by atoms with van der Waals surface area (Å²) in [6.07, 6.45) is 0.515. The summed E-state index contributed by atoms with van der Waals surface area (Å²) in [5.74, 6) is -1.17. The number of benzene rings is 3. The maximum atomic E-state index is 13.6. The third kappa shape index (κ3) is 6.10.